The van der Waals surface area contributed by atoms with Crippen LogP contribution in [0.15, 0.2) is 0 Å². The van der Waals surface area contributed by atoms with Crippen LogP contribution in [-0.4, -0.2) is 76.4 Å². The summed E-state index contributed by atoms with van der Waals surface area (Å²) in [6.45, 7) is 2.52. The molecule has 3 nitrogen and oxygen atoms in total. The average molecular weight is 427 g/mol. The lowest BCUT2D eigenvalue weighted by Crippen LogP contribution is -2.53. The number of rotatable bonds is 3. The monoisotopic (exact) mass is 426 g/mol. The van der Waals surface area contributed by atoms with Gasteiger partial charge in [0.25, 0.3) is 0 Å². The summed E-state index contributed by atoms with van der Waals surface area (Å²) in [7, 11) is 0. The van der Waals surface area contributed by atoms with E-state index in [1.54, 1.807) is 0 Å². The van der Waals surface area contributed by atoms with Crippen molar-refractivity contribution in [3.8, 4) is 0 Å². The van der Waals surface area contributed by atoms with Crippen LogP contribution in [0.3, 0.4) is 0 Å². The molecule has 6 heteroatoms. The topological polar surface area (TPSA) is 15.7 Å². The van der Waals surface area contributed by atoms with Crippen LogP contribution in [0.4, 0.5) is 4.39 Å². The Morgan fingerprint density at radius 3 is 2.57 bits per heavy atom. The molecule has 0 aromatic carbocycles. The van der Waals surface area contributed by atoms with E-state index in [1.165, 1.54) is 44.9 Å². The SMILES string of the molecule is F[C@H]1CN2[C@H]3CCC(C4CC[C@@]5(CS)C[C@@H]6CCOC[C@@H]6N45)[C@H]3C[C@@]2(CS)C1. The highest BCUT2D eigenvalue weighted by Crippen LogP contribution is 2.59. The molecule has 6 aliphatic rings. The number of nitrogens with zero attached hydrogens (tertiary/aromatic N) is 2. The van der Waals surface area contributed by atoms with Gasteiger partial charge in [-0.15, -0.1) is 0 Å². The van der Waals surface area contributed by atoms with Crippen LogP contribution in [-0.2, 0) is 4.74 Å². The number of fused-ring (bicyclic) bond motifs is 6. The molecule has 1 saturated carbocycles. The maximum atomic E-state index is 14.3. The normalized spacial score (nSPS) is 56.0. The molecule has 0 aromatic heterocycles. The lowest BCUT2D eigenvalue weighted by molar-refractivity contribution is -0.0174. The van der Waals surface area contributed by atoms with Crippen molar-refractivity contribution >= 4 is 25.3 Å². The zero-order valence-corrected chi connectivity index (χ0v) is 18.6. The van der Waals surface area contributed by atoms with Crippen LogP contribution in [0.25, 0.3) is 0 Å². The fraction of sp³-hybridized carbons (Fsp3) is 1.00. The van der Waals surface area contributed by atoms with Gasteiger partial charge in [0, 0.05) is 53.9 Å². The van der Waals surface area contributed by atoms with Crippen LogP contribution in [0, 0.1) is 17.8 Å². The van der Waals surface area contributed by atoms with E-state index in [2.05, 4.69) is 9.80 Å². The molecule has 5 saturated heterocycles. The minimum absolute atomic E-state index is 0.0390. The van der Waals surface area contributed by atoms with Crippen molar-refractivity contribution in [2.24, 2.45) is 17.8 Å². The van der Waals surface area contributed by atoms with Gasteiger partial charge in [0.2, 0.25) is 0 Å². The second-order valence-corrected chi connectivity index (χ2v) is 11.4. The molecule has 6 rings (SSSR count). The molecule has 5 aliphatic heterocycles. The van der Waals surface area contributed by atoms with E-state index in [4.69, 9.17) is 30.0 Å². The van der Waals surface area contributed by atoms with Crippen molar-refractivity contribution in [3.63, 3.8) is 0 Å². The molecule has 5 heterocycles. The summed E-state index contributed by atoms with van der Waals surface area (Å²) in [6.07, 6.45) is 9.04. The molecule has 0 amide bonds. The van der Waals surface area contributed by atoms with Gasteiger partial charge in [0.05, 0.1) is 6.61 Å². The summed E-state index contributed by atoms with van der Waals surface area (Å²) in [6, 6.07) is 1.91. The van der Waals surface area contributed by atoms with E-state index >= 15 is 0 Å². The van der Waals surface area contributed by atoms with Gasteiger partial charge in [0.15, 0.2) is 0 Å². The minimum Gasteiger partial charge on any atom is -0.380 e. The van der Waals surface area contributed by atoms with Crippen LogP contribution >= 0.6 is 25.3 Å². The Kier molecular flexibility index (Phi) is 4.63. The fourth-order valence-corrected chi connectivity index (χ4v) is 9.75. The summed E-state index contributed by atoms with van der Waals surface area (Å²) in [4.78, 5) is 5.50. The maximum absolute atomic E-state index is 14.3. The Bertz CT molecular complexity index is 640. The second-order valence-electron chi connectivity index (χ2n) is 10.8. The Morgan fingerprint density at radius 2 is 1.75 bits per heavy atom. The number of halogens is 1. The van der Waals surface area contributed by atoms with Gasteiger partial charge >= 0.3 is 0 Å². The average Bonchev–Trinajstić information content (AvgIpc) is 3.44. The molecule has 0 N–H and O–H groups in total. The lowest BCUT2D eigenvalue weighted by atomic mass is 9.80. The Balaban J connectivity index is 1.28. The molecule has 2 unspecified atom stereocenters. The van der Waals surface area contributed by atoms with Gasteiger partial charge in [-0.3, -0.25) is 9.80 Å². The molecule has 158 valence electrons. The summed E-state index contributed by atoms with van der Waals surface area (Å²) in [5, 5.41) is 0. The van der Waals surface area contributed by atoms with Crippen molar-refractivity contribution in [2.75, 3.05) is 31.3 Å². The van der Waals surface area contributed by atoms with E-state index in [1.807, 2.05) is 0 Å². The predicted octanol–water partition coefficient (Wildman–Crippen LogP) is 3.44. The standard InChI is InChI=1S/C22H35FN2OS2/c23-15-8-22(13-28)9-17-16(1-2-18(17)24(22)10-15)19-3-5-21(12-27)7-14-4-6-26-11-20(14)25(19)21/h14-20,27-28H,1-13H2/t14-,15+,16?,17+,18-,19?,20-,21-,22+/m0/s1. The maximum Gasteiger partial charge on any atom is 0.115 e. The van der Waals surface area contributed by atoms with Crippen LogP contribution < -0.4 is 0 Å². The Hall–Kier alpha value is 0.510. The smallest absolute Gasteiger partial charge is 0.115 e. The predicted molar refractivity (Wildman–Crippen MR) is 116 cm³/mol. The molecule has 9 atom stereocenters. The van der Waals surface area contributed by atoms with Gasteiger partial charge in [-0.1, -0.05) is 0 Å². The Morgan fingerprint density at radius 1 is 0.893 bits per heavy atom. The van der Waals surface area contributed by atoms with Gasteiger partial charge in [-0.05, 0) is 69.1 Å². The quantitative estimate of drug-likeness (QED) is 0.673. The van der Waals surface area contributed by atoms with E-state index < -0.39 is 6.17 Å². The summed E-state index contributed by atoms with van der Waals surface area (Å²) >= 11 is 9.58. The molecular formula is C22H35FN2OS2. The number of hydrogen-bond acceptors (Lipinski definition) is 5. The molecule has 0 radical (unpaired) electrons. The van der Waals surface area contributed by atoms with Crippen molar-refractivity contribution in [1.29, 1.82) is 0 Å². The zero-order chi connectivity index (χ0) is 19.1. The Labute approximate surface area is 179 Å². The first-order valence-electron chi connectivity index (χ1n) is 11.6. The van der Waals surface area contributed by atoms with Crippen molar-refractivity contribution in [1.82, 2.24) is 9.80 Å². The van der Waals surface area contributed by atoms with Crippen molar-refractivity contribution in [3.05, 3.63) is 0 Å². The van der Waals surface area contributed by atoms with Gasteiger partial charge in [-0.25, -0.2) is 4.39 Å². The number of ether oxygens (including phenoxy) is 1. The molecule has 0 spiro atoms. The molecule has 6 fully saturated rings. The lowest BCUT2D eigenvalue weighted by Gasteiger charge is -2.42. The highest BCUT2D eigenvalue weighted by Gasteiger charge is 2.64. The van der Waals surface area contributed by atoms with E-state index in [0.29, 0.717) is 36.6 Å². The first-order valence-corrected chi connectivity index (χ1v) is 12.9. The number of hydrogen-bond donors (Lipinski definition) is 2. The summed E-state index contributed by atoms with van der Waals surface area (Å²) in [5.41, 5.74) is 0.353. The highest BCUT2D eigenvalue weighted by atomic mass is 32.1. The second kappa shape index (κ2) is 6.75. The van der Waals surface area contributed by atoms with Crippen LogP contribution in [0.5, 0.6) is 0 Å². The highest BCUT2D eigenvalue weighted by molar-refractivity contribution is 7.80. The van der Waals surface area contributed by atoms with E-state index in [-0.39, 0.29) is 5.54 Å². The first-order chi connectivity index (χ1) is 13.6. The fourth-order valence-electron chi connectivity index (χ4n) is 8.86. The molecule has 0 aromatic rings. The van der Waals surface area contributed by atoms with Crippen LogP contribution in [0.2, 0.25) is 0 Å². The van der Waals surface area contributed by atoms with Crippen molar-refractivity contribution in [2.45, 2.75) is 86.7 Å². The number of alkyl halides is 1. The van der Waals surface area contributed by atoms with E-state index in [0.717, 1.165) is 42.5 Å². The largest absolute Gasteiger partial charge is 0.380 e. The third-order valence-corrected chi connectivity index (χ3v) is 11.0. The molecule has 1 aliphatic carbocycles. The van der Waals surface area contributed by atoms with Gasteiger partial charge in [0.1, 0.15) is 6.17 Å². The third kappa shape index (κ3) is 2.47. The van der Waals surface area contributed by atoms with Gasteiger partial charge in [-0.2, -0.15) is 25.3 Å². The molecule has 28 heavy (non-hydrogen) atoms. The molecule has 0 bridgehead atoms. The molecular weight excluding hydrogens is 391 g/mol. The van der Waals surface area contributed by atoms with Gasteiger partial charge < -0.3 is 4.74 Å². The van der Waals surface area contributed by atoms with E-state index in [9.17, 15) is 4.39 Å². The first kappa shape index (κ1) is 19.2. The zero-order valence-electron chi connectivity index (χ0n) is 16.8. The third-order valence-electron chi connectivity index (χ3n) is 9.82. The van der Waals surface area contributed by atoms with Crippen LogP contribution in [0.1, 0.15) is 51.4 Å². The number of thiol groups is 2. The van der Waals surface area contributed by atoms with Crippen molar-refractivity contribution < 1.29 is 9.13 Å². The minimum atomic E-state index is -0.644. The summed E-state index contributed by atoms with van der Waals surface area (Å²) < 4.78 is 20.2. The summed E-state index contributed by atoms with van der Waals surface area (Å²) in [5.74, 6) is 4.13.